The number of nitrogens with one attached hydrogen (secondary N) is 1. The molecule has 0 amide bonds. The molecule has 0 unspecified atom stereocenters. The Kier molecular flexibility index (Phi) is 4.60. The molecule has 2 aliphatic heterocycles. The van der Waals surface area contributed by atoms with Crippen molar-refractivity contribution in [1.29, 1.82) is 0 Å². The van der Waals surface area contributed by atoms with Gasteiger partial charge in [0.15, 0.2) is 0 Å². The summed E-state index contributed by atoms with van der Waals surface area (Å²) >= 11 is 0. The van der Waals surface area contributed by atoms with Gasteiger partial charge in [0.1, 0.15) is 0 Å². The van der Waals surface area contributed by atoms with E-state index in [9.17, 15) is 8.42 Å². The maximum atomic E-state index is 13.0. The highest BCUT2D eigenvalue weighted by molar-refractivity contribution is 7.86. The summed E-state index contributed by atoms with van der Waals surface area (Å²) in [5.41, 5.74) is 2.29. The summed E-state index contributed by atoms with van der Waals surface area (Å²) in [6.45, 7) is 4.76. The van der Waals surface area contributed by atoms with E-state index >= 15 is 0 Å². The minimum Gasteiger partial charge on any atom is -0.358 e. The van der Waals surface area contributed by atoms with Crippen LogP contribution in [0, 0.1) is 5.92 Å². The minimum atomic E-state index is -3.33. The quantitative estimate of drug-likeness (QED) is 0.912. The number of aromatic amines is 1. The third kappa shape index (κ3) is 3.35. The molecule has 2 saturated heterocycles. The van der Waals surface area contributed by atoms with Crippen molar-refractivity contribution < 1.29 is 8.42 Å². The van der Waals surface area contributed by atoms with Crippen LogP contribution in [0.2, 0.25) is 0 Å². The van der Waals surface area contributed by atoms with Crippen molar-refractivity contribution in [3.63, 3.8) is 0 Å². The topological polar surface area (TPSA) is 56.4 Å². The molecule has 3 heterocycles. The first-order valence-corrected chi connectivity index (χ1v) is 10.8. The molecule has 25 heavy (non-hydrogen) atoms. The highest BCUT2D eigenvalue weighted by atomic mass is 32.2. The van der Waals surface area contributed by atoms with Gasteiger partial charge in [-0.25, -0.2) is 0 Å². The lowest BCUT2D eigenvalue weighted by Gasteiger charge is -2.37. The van der Waals surface area contributed by atoms with Crippen LogP contribution < -0.4 is 0 Å². The van der Waals surface area contributed by atoms with E-state index in [4.69, 9.17) is 0 Å². The van der Waals surface area contributed by atoms with Crippen molar-refractivity contribution in [2.75, 3.05) is 26.2 Å². The molecule has 1 aromatic heterocycles. The summed E-state index contributed by atoms with van der Waals surface area (Å²) in [7, 11) is -3.33. The third-order valence-corrected chi connectivity index (χ3v) is 7.77. The van der Waals surface area contributed by atoms with Crippen LogP contribution in [0.15, 0.2) is 30.3 Å². The largest absolute Gasteiger partial charge is 0.358 e. The van der Waals surface area contributed by atoms with Crippen LogP contribution in [0.4, 0.5) is 0 Å². The molecule has 6 heteroatoms. The Bertz CT molecular complexity index is 804. The van der Waals surface area contributed by atoms with Gasteiger partial charge in [-0.2, -0.15) is 17.0 Å². The number of para-hydroxylation sites is 1. The zero-order valence-electron chi connectivity index (χ0n) is 14.8. The Morgan fingerprint density at radius 1 is 1.04 bits per heavy atom. The SMILES string of the molecule is CC1CCN(S(=O)(=O)N2CCC[C@@H](c3cc4ccccc4[nH]3)C2)CC1. The molecule has 2 aromatic rings. The Balaban J connectivity index is 1.52. The summed E-state index contributed by atoms with van der Waals surface area (Å²) in [4.78, 5) is 3.49. The van der Waals surface area contributed by atoms with E-state index < -0.39 is 10.2 Å². The van der Waals surface area contributed by atoms with Crippen molar-refractivity contribution in [1.82, 2.24) is 13.6 Å². The van der Waals surface area contributed by atoms with Crippen molar-refractivity contribution in [2.24, 2.45) is 5.92 Å². The van der Waals surface area contributed by atoms with Gasteiger partial charge in [0, 0.05) is 43.3 Å². The molecule has 0 saturated carbocycles. The van der Waals surface area contributed by atoms with Gasteiger partial charge in [0.05, 0.1) is 0 Å². The highest BCUT2D eigenvalue weighted by Gasteiger charge is 2.35. The Morgan fingerprint density at radius 3 is 2.56 bits per heavy atom. The van der Waals surface area contributed by atoms with E-state index in [2.05, 4.69) is 30.1 Å². The molecule has 0 radical (unpaired) electrons. The number of rotatable bonds is 3. The molecule has 2 fully saturated rings. The molecule has 0 bridgehead atoms. The minimum absolute atomic E-state index is 0.250. The first kappa shape index (κ1) is 17.1. The predicted molar refractivity (Wildman–Crippen MR) is 101 cm³/mol. The van der Waals surface area contributed by atoms with E-state index in [0.717, 1.165) is 36.9 Å². The lowest BCUT2D eigenvalue weighted by Crippen LogP contribution is -2.49. The standard InChI is InChI=1S/C19H27N3O2S/c1-15-8-11-21(12-9-15)25(23,24)22-10-4-6-17(14-22)19-13-16-5-2-3-7-18(16)20-19/h2-3,5,7,13,15,17,20H,4,6,8-12,14H2,1H3/t17-/m1/s1. The van der Waals surface area contributed by atoms with Crippen LogP contribution in [0.25, 0.3) is 10.9 Å². The van der Waals surface area contributed by atoms with Gasteiger partial charge >= 0.3 is 0 Å². The van der Waals surface area contributed by atoms with Gasteiger partial charge in [-0.15, -0.1) is 0 Å². The number of nitrogens with zero attached hydrogens (tertiary/aromatic N) is 2. The van der Waals surface area contributed by atoms with Gasteiger partial charge < -0.3 is 4.98 Å². The van der Waals surface area contributed by atoms with Crippen molar-refractivity contribution in [3.8, 4) is 0 Å². The fourth-order valence-electron chi connectivity index (χ4n) is 4.10. The summed E-state index contributed by atoms with van der Waals surface area (Å²) in [5.74, 6) is 0.881. The molecular formula is C19H27N3O2S. The normalized spacial score (nSPS) is 24.8. The monoisotopic (exact) mass is 361 g/mol. The van der Waals surface area contributed by atoms with Crippen molar-refractivity contribution >= 4 is 21.1 Å². The maximum Gasteiger partial charge on any atom is 0.281 e. The summed E-state index contributed by atoms with van der Waals surface area (Å²) in [6.07, 6.45) is 3.90. The second-order valence-corrected chi connectivity index (χ2v) is 9.53. The van der Waals surface area contributed by atoms with Crippen LogP contribution in [-0.2, 0) is 10.2 Å². The van der Waals surface area contributed by atoms with Gasteiger partial charge in [0.2, 0.25) is 0 Å². The molecule has 2 aliphatic rings. The lowest BCUT2D eigenvalue weighted by atomic mass is 9.96. The van der Waals surface area contributed by atoms with E-state index in [1.54, 1.807) is 8.61 Å². The number of aromatic nitrogens is 1. The van der Waals surface area contributed by atoms with Crippen LogP contribution in [0.5, 0.6) is 0 Å². The first-order chi connectivity index (χ1) is 12.0. The molecule has 5 nitrogen and oxygen atoms in total. The van der Waals surface area contributed by atoms with Crippen molar-refractivity contribution in [3.05, 3.63) is 36.0 Å². The Labute approximate surface area is 150 Å². The van der Waals surface area contributed by atoms with Crippen LogP contribution >= 0.6 is 0 Å². The van der Waals surface area contributed by atoms with Gasteiger partial charge in [-0.1, -0.05) is 25.1 Å². The van der Waals surface area contributed by atoms with E-state index in [1.165, 1.54) is 5.39 Å². The smallest absolute Gasteiger partial charge is 0.281 e. The second-order valence-electron chi connectivity index (χ2n) is 7.60. The Morgan fingerprint density at radius 2 is 1.80 bits per heavy atom. The van der Waals surface area contributed by atoms with Crippen LogP contribution in [0.3, 0.4) is 0 Å². The van der Waals surface area contributed by atoms with Crippen LogP contribution in [0.1, 0.15) is 44.2 Å². The number of fused-ring (bicyclic) bond motifs is 1. The van der Waals surface area contributed by atoms with Crippen molar-refractivity contribution in [2.45, 2.75) is 38.5 Å². The summed E-state index contributed by atoms with van der Waals surface area (Å²) < 4.78 is 29.5. The fourth-order valence-corrected chi connectivity index (χ4v) is 5.83. The van der Waals surface area contributed by atoms with Crippen LogP contribution in [-0.4, -0.2) is 48.2 Å². The molecule has 136 valence electrons. The van der Waals surface area contributed by atoms with Gasteiger partial charge in [-0.3, -0.25) is 0 Å². The molecule has 0 spiro atoms. The van der Waals surface area contributed by atoms with E-state index in [-0.39, 0.29) is 5.92 Å². The highest BCUT2D eigenvalue weighted by Crippen LogP contribution is 2.31. The molecule has 1 N–H and O–H groups in total. The lowest BCUT2D eigenvalue weighted by molar-refractivity contribution is 0.245. The first-order valence-electron chi connectivity index (χ1n) is 9.37. The maximum absolute atomic E-state index is 13.0. The third-order valence-electron chi connectivity index (χ3n) is 5.77. The fraction of sp³-hybridized carbons (Fsp3) is 0.579. The second kappa shape index (κ2) is 6.74. The molecule has 1 aromatic carbocycles. The van der Waals surface area contributed by atoms with Gasteiger partial charge in [-0.05, 0) is 49.1 Å². The number of hydrogen-bond donors (Lipinski definition) is 1. The zero-order valence-corrected chi connectivity index (χ0v) is 15.6. The van der Waals surface area contributed by atoms with E-state index in [0.29, 0.717) is 32.1 Å². The molecule has 4 rings (SSSR count). The van der Waals surface area contributed by atoms with Gasteiger partial charge in [0.25, 0.3) is 10.2 Å². The Hall–Kier alpha value is -1.37. The summed E-state index contributed by atoms with van der Waals surface area (Å²) in [6, 6.07) is 10.4. The zero-order chi connectivity index (χ0) is 17.4. The average Bonchev–Trinajstić information content (AvgIpc) is 3.06. The molecule has 1 atom stereocenters. The predicted octanol–water partition coefficient (Wildman–Crippen LogP) is 3.32. The number of H-pyrrole nitrogens is 1. The average molecular weight is 362 g/mol. The molecular weight excluding hydrogens is 334 g/mol. The number of benzene rings is 1. The number of hydrogen-bond acceptors (Lipinski definition) is 2. The summed E-state index contributed by atoms with van der Waals surface area (Å²) in [5, 5.41) is 1.20. The van der Waals surface area contributed by atoms with E-state index in [1.807, 2.05) is 12.1 Å². The molecule has 0 aliphatic carbocycles. The number of piperidine rings is 2.